The van der Waals surface area contributed by atoms with Gasteiger partial charge in [0.05, 0.1) is 10.6 Å². The summed E-state index contributed by atoms with van der Waals surface area (Å²) in [6, 6.07) is 5.24. The summed E-state index contributed by atoms with van der Waals surface area (Å²) in [5.74, 6) is 0.611. The average Bonchev–Trinajstić information content (AvgIpc) is 2.71. The Hall–Kier alpha value is -0.730. The van der Waals surface area contributed by atoms with Crippen molar-refractivity contribution in [1.82, 2.24) is 5.32 Å². The fourth-order valence-electron chi connectivity index (χ4n) is 4.33. The Kier molecular flexibility index (Phi) is 3.53. The molecule has 3 atom stereocenters. The van der Waals surface area contributed by atoms with E-state index in [1.165, 1.54) is 12.8 Å². The number of benzene rings is 1. The normalized spacial score (nSPS) is 33.2. The fraction of sp³-hybridized carbons (Fsp3) is 0.588. The minimum Gasteiger partial charge on any atom is -0.349 e. The minimum atomic E-state index is -0.0914. The Balaban J connectivity index is 1.80. The van der Waals surface area contributed by atoms with E-state index in [9.17, 15) is 4.79 Å². The van der Waals surface area contributed by atoms with Gasteiger partial charge >= 0.3 is 0 Å². The van der Waals surface area contributed by atoms with Crippen LogP contribution in [0.25, 0.3) is 0 Å². The first-order valence-corrected chi connectivity index (χ1v) is 8.27. The lowest BCUT2D eigenvalue weighted by Gasteiger charge is -2.39. The van der Waals surface area contributed by atoms with Gasteiger partial charge in [0.2, 0.25) is 0 Å². The van der Waals surface area contributed by atoms with Crippen LogP contribution in [0.1, 0.15) is 50.4 Å². The molecular formula is C17H21Cl2NO. The summed E-state index contributed by atoms with van der Waals surface area (Å²) in [6.07, 6.45) is 3.53. The predicted molar refractivity (Wildman–Crippen MR) is 86.9 cm³/mol. The van der Waals surface area contributed by atoms with E-state index in [1.807, 2.05) is 0 Å². The van der Waals surface area contributed by atoms with Crippen LogP contribution in [0, 0.1) is 16.7 Å². The maximum Gasteiger partial charge on any atom is 0.253 e. The van der Waals surface area contributed by atoms with Crippen LogP contribution < -0.4 is 5.32 Å². The van der Waals surface area contributed by atoms with Crippen LogP contribution in [0.2, 0.25) is 10.0 Å². The first-order chi connectivity index (χ1) is 9.75. The number of halogens is 2. The molecule has 2 aliphatic rings. The van der Waals surface area contributed by atoms with Crippen LogP contribution in [0.15, 0.2) is 18.2 Å². The van der Waals surface area contributed by atoms with E-state index in [2.05, 4.69) is 26.1 Å². The number of hydrogen-bond donors (Lipinski definition) is 1. The van der Waals surface area contributed by atoms with Crippen molar-refractivity contribution in [3.8, 4) is 0 Å². The maximum atomic E-state index is 12.5. The van der Waals surface area contributed by atoms with Crippen molar-refractivity contribution in [3.63, 3.8) is 0 Å². The predicted octanol–water partition coefficient (Wildman–Crippen LogP) is 4.94. The number of carbonyl (C=O) groups is 1. The van der Waals surface area contributed by atoms with Crippen molar-refractivity contribution >= 4 is 29.1 Å². The lowest BCUT2D eigenvalue weighted by atomic mass is 9.69. The second-order valence-electron chi connectivity index (χ2n) is 7.26. The van der Waals surface area contributed by atoms with E-state index in [0.29, 0.717) is 21.5 Å². The number of carbonyl (C=O) groups excluding carboxylic acids is 1. The molecule has 2 saturated carbocycles. The van der Waals surface area contributed by atoms with Crippen LogP contribution in [0.4, 0.5) is 0 Å². The van der Waals surface area contributed by atoms with Crippen LogP contribution >= 0.6 is 23.2 Å². The summed E-state index contributed by atoms with van der Waals surface area (Å²) in [6.45, 7) is 6.99. The van der Waals surface area contributed by atoms with Crippen molar-refractivity contribution < 1.29 is 4.79 Å². The van der Waals surface area contributed by atoms with Crippen molar-refractivity contribution in [3.05, 3.63) is 33.8 Å². The van der Waals surface area contributed by atoms with Crippen LogP contribution in [-0.2, 0) is 0 Å². The zero-order valence-corrected chi connectivity index (χ0v) is 14.2. The first kappa shape index (κ1) is 15.2. The van der Waals surface area contributed by atoms with E-state index in [1.54, 1.807) is 18.2 Å². The molecule has 0 radical (unpaired) electrons. The Labute approximate surface area is 136 Å². The van der Waals surface area contributed by atoms with Gasteiger partial charge in [-0.15, -0.1) is 0 Å². The van der Waals surface area contributed by atoms with Gasteiger partial charge in [-0.05, 0) is 54.2 Å². The molecule has 3 rings (SSSR count). The van der Waals surface area contributed by atoms with Gasteiger partial charge in [-0.1, -0.05) is 44.0 Å². The van der Waals surface area contributed by atoms with Gasteiger partial charge < -0.3 is 5.32 Å². The van der Waals surface area contributed by atoms with Gasteiger partial charge in [0, 0.05) is 11.1 Å². The van der Waals surface area contributed by atoms with Crippen molar-refractivity contribution in [2.24, 2.45) is 16.7 Å². The quantitative estimate of drug-likeness (QED) is 0.819. The van der Waals surface area contributed by atoms with E-state index >= 15 is 0 Å². The van der Waals surface area contributed by atoms with Crippen molar-refractivity contribution in [1.29, 1.82) is 0 Å². The first-order valence-electron chi connectivity index (χ1n) is 7.51. The number of amides is 1. The molecule has 0 unspecified atom stereocenters. The molecule has 2 bridgehead atoms. The van der Waals surface area contributed by atoms with E-state index in [0.717, 1.165) is 6.42 Å². The standard InChI is InChI=1S/C17H21Cl2NO/c1-16(2)10-6-7-17(16,3)14(8-10)20-15(21)12-5-4-11(18)9-13(12)19/h4-5,9-10,14H,6-8H2,1-3H3,(H,20,21)/t10-,14+,17-/m1/s1. The summed E-state index contributed by atoms with van der Waals surface area (Å²) < 4.78 is 0. The lowest BCUT2D eigenvalue weighted by molar-refractivity contribution is 0.0826. The molecule has 1 aromatic carbocycles. The maximum absolute atomic E-state index is 12.5. The Morgan fingerprint density at radius 2 is 2.00 bits per heavy atom. The highest BCUT2D eigenvalue weighted by Gasteiger charge is 2.61. The molecule has 2 fully saturated rings. The highest BCUT2D eigenvalue weighted by atomic mass is 35.5. The van der Waals surface area contributed by atoms with E-state index in [4.69, 9.17) is 23.2 Å². The molecule has 0 aliphatic heterocycles. The number of nitrogens with one attached hydrogen (secondary N) is 1. The minimum absolute atomic E-state index is 0.0914. The van der Waals surface area contributed by atoms with Crippen LogP contribution in [0.5, 0.6) is 0 Å². The van der Waals surface area contributed by atoms with E-state index in [-0.39, 0.29) is 22.8 Å². The zero-order valence-electron chi connectivity index (χ0n) is 12.7. The van der Waals surface area contributed by atoms with Gasteiger partial charge in [0.15, 0.2) is 0 Å². The molecule has 0 saturated heterocycles. The smallest absolute Gasteiger partial charge is 0.253 e. The SMILES string of the molecule is CC1(C)[C@@H]2CC[C@]1(C)[C@@H](NC(=O)c1ccc(Cl)cc1Cl)C2. The van der Waals surface area contributed by atoms with Gasteiger partial charge in [0.25, 0.3) is 5.91 Å². The molecule has 0 spiro atoms. The monoisotopic (exact) mass is 325 g/mol. The molecule has 1 N–H and O–H groups in total. The third-order valence-corrected chi connectivity index (χ3v) is 6.82. The largest absolute Gasteiger partial charge is 0.349 e. The zero-order chi connectivity index (χ0) is 15.4. The summed E-state index contributed by atoms with van der Waals surface area (Å²) in [5, 5.41) is 4.17. The molecule has 0 heterocycles. The highest BCUT2D eigenvalue weighted by molar-refractivity contribution is 6.36. The summed E-state index contributed by atoms with van der Waals surface area (Å²) in [5.41, 5.74) is 0.964. The molecule has 2 nitrogen and oxygen atoms in total. The molecule has 1 aromatic rings. The molecule has 2 aliphatic carbocycles. The molecule has 114 valence electrons. The summed E-state index contributed by atoms with van der Waals surface area (Å²) >= 11 is 12.0. The van der Waals surface area contributed by atoms with Crippen LogP contribution in [0.3, 0.4) is 0 Å². The summed E-state index contributed by atoms with van der Waals surface area (Å²) in [4.78, 5) is 12.5. The number of rotatable bonds is 2. The van der Waals surface area contributed by atoms with Gasteiger partial charge in [-0.25, -0.2) is 0 Å². The van der Waals surface area contributed by atoms with Gasteiger partial charge in [-0.3, -0.25) is 4.79 Å². The number of hydrogen-bond acceptors (Lipinski definition) is 1. The molecular weight excluding hydrogens is 305 g/mol. The average molecular weight is 326 g/mol. The Bertz CT molecular complexity index is 598. The van der Waals surface area contributed by atoms with Crippen LogP contribution in [-0.4, -0.2) is 11.9 Å². The molecule has 0 aromatic heterocycles. The second kappa shape index (κ2) is 4.89. The third-order valence-electron chi connectivity index (χ3n) is 6.28. The van der Waals surface area contributed by atoms with Gasteiger partial charge in [-0.2, -0.15) is 0 Å². The fourth-order valence-corrected chi connectivity index (χ4v) is 4.83. The molecule has 1 amide bonds. The van der Waals surface area contributed by atoms with Crippen molar-refractivity contribution in [2.75, 3.05) is 0 Å². The van der Waals surface area contributed by atoms with E-state index < -0.39 is 0 Å². The Morgan fingerprint density at radius 3 is 2.52 bits per heavy atom. The lowest BCUT2D eigenvalue weighted by Crippen LogP contribution is -2.46. The topological polar surface area (TPSA) is 29.1 Å². The highest BCUT2D eigenvalue weighted by Crippen LogP contribution is 2.65. The Morgan fingerprint density at radius 1 is 1.29 bits per heavy atom. The second-order valence-corrected chi connectivity index (χ2v) is 8.10. The molecule has 21 heavy (non-hydrogen) atoms. The van der Waals surface area contributed by atoms with Gasteiger partial charge in [0.1, 0.15) is 0 Å². The molecule has 4 heteroatoms. The third kappa shape index (κ3) is 2.19. The number of fused-ring (bicyclic) bond motifs is 2. The van der Waals surface area contributed by atoms with Crippen molar-refractivity contribution in [2.45, 2.75) is 46.1 Å². The summed E-state index contributed by atoms with van der Waals surface area (Å²) in [7, 11) is 0.